The highest BCUT2D eigenvalue weighted by Gasteiger charge is 2.69. The standard InChI is InChI=1S/C32H30N4O3/c1-17(2)15-24-26-27(30(39)35(29(26)38)20-14-13-18(3)19(4)16-20)32(34-24)22-10-6-8-12-25(22)36-28(37)21-9-5-7-11-23(21)33-31(32)36/h5-14,16-17,24,26-27,34H,15H2,1-4H3/t24-,26-,27-,32-/m1/s1. The summed E-state index contributed by atoms with van der Waals surface area (Å²) in [5.41, 5.74) is 3.53. The predicted molar refractivity (Wildman–Crippen MR) is 150 cm³/mol. The summed E-state index contributed by atoms with van der Waals surface area (Å²) >= 11 is 0. The van der Waals surface area contributed by atoms with Crippen LogP contribution in [0.2, 0.25) is 0 Å². The van der Waals surface area contributed by atoms with E-state index in [9.17, 15) is 14.4 Å². The van der Waals surface area contributed by atoms with Crippen molar-refractivity contribution < 1.29 is 9.59 Å². The van der Waals surface area contributed by atoms with E-state index in [-0.39, 0.29) is 23.4 Å². The number of benzene rings is 3. The van der Waals surface area contributed by atoms with Crippen LogP contribution in [0.15, 0.2) is 71.5 Å². The first kappa shape index (κ1) is 24.0. The number of carbonyl (C=O) groups is 2. The number of nitrogens with zero attached hydrogens (tertiary/aromatic N) is 3. The molecule has 2 saturated heterocycles. The molecule has 3 aliphatic rings. The number of para-hydroxylation sites is 2. The Hall–Kier alpha value is -4.10. The van der Waals surface area contributed by atoms with E-state index in [0.717, 1.165) is 16.7 Å². The highest BCUT2D eigenvalue weighted by Crippen LogP contribution is 2.56. The molecule has 1 aromatic heterocycles. The molecule has 7 heteroatoms. The summed E-state index contributed by atoms with van der Waals surface area (Å²) in [5.74, 6) is -0.986. The monoisotopic (exact) mass is 518 g/mol. The summed E-state index contributed by atoms with van der Waals surface area (Å²) in [5, 5.41) is 4.29. The van der Waals surface area contributed by atoms with Crippen LogP contribution in [0, 0.1) is 31.6 Å². The lowest BCUT2D eigenvalue weighted by atomic mass is 9.75. The maximum atomic E-state index is 14.5. The first-order valence-corrected chi connectivity index (χ1v) is 13.6. The molecule has 39 heavy (non-hydrogen) atoms. The molecule has 4 aromatic rings. The highest BCUT2D eigenvalue weighted by atomic mass is 16.2. The van der Waals surface area contributed by atoms with Crippen LogP contribution in [-0.2, 0) is 15.1 Å². The molecule has 0 unspecified atom stereocenters. The van der Waals surface area contributed by atoms with Crippen molar-refractivity contribution in [2.75, 3.05) is 4.90 Å². The number of rotatable bonds is 3. The maximum Gasteiger partial charge on any atom is 0.266 e. The fourth-order valence-corrected chi connectivity index (χ4v) is 7.05. The highest BCUT2D eigenvalue weighted by molar-refractivity contribution is 6.23. The van der Waals surface area contributed by atoms with E-state index in [1.54, 1.807) is 10.6 Å². The van der Waals surface area contributed by atoms with Gasteiger partial charge in [-0.2, -0.15) is 0 Å². The Morgan fingerprint density at radius 3 is 2.44 bits per heavy atom. The van der Waals surface area contributed by atoms with Crippen LogP contribution < -0.4 is 15.8 Å². The molecular formula is C32H30N4O3. The van der Waals surface area contributed by atoms with E-state index in [1.807, 2.05) is 74.5 Å². The third kappa shape index (κ3) is 3.08. The van der Waals surface area contributed by atoms with Gasteiger partial charge in [-0.1, -0.05) is 50.2 Å². The van der Waals surface area contributed by atoms with Crippen LogP contribution in [0.5, 0.6) is 0 Å². The summed E-state index contributed by atoms with van der Waals surface area (Å²) in [6.07, 6.45) is 0.711. The zero-order valence-electron chi connectivity index (χ0n) is 22.4. The van der Waals surface area contributed by atoms with Gasteiger partial charge < -0.3 is 0 Å². The van der Waals surface area contributed by atoms with E-state index in [4.69, 9.17) is 4.98 Å². The molecule has 0 saturated carbocycles. The number of anilines is 1. The summed E-state index contributed by atoms with van der Waals surface area (Å²) in [7, 11) is 0. The summed E-state index contributed by atoms with van der Waals surface area (Å²) in [4.78, 5) is 49.0. The van der Waals surface area contributed by atoms with Crippen molar-refractivity contribution in [3.05, 3.63) is 99.6 Å². The Labute approximate surface area is 226 Å². The van der Waals surface area contributed by atoms with Gasteiger partial charge in [-0.05, 0) is 67.6 Å². The number of amides is 2. The van der Waals surface area contributed by atoms with Crippen LogP contribution in [0.1, 0.15) is 42.8 Å². The number of fused-ring (bicyclic) bond motifs is 8. The maximum absolute atomic E-state index is 14.5. The topological polar surface area (TPSA) is 84.3 Å². The average molecular weight is 519 g/mol. The SMILES string of the molecule is Cc1ccc(N2C(=O)[C@@H]3[C@@H](CC(C)C)N[C@]4(c5ccccc5-n5c4nc4ccccc4c5=O)[C@H]3C2=O)cc1C. The van der Waals surface area contributed by atoms with Crippen molar-refractivity contribution in [2.24, 2.45) is 17.8 Å². The molecule has 3 aromatic carbocycles. The van der Waals surface area contributed by atoms with Crippen molar-refractivity contribution >= 4 is 28.4 Å². The lowest BCUT2D eigenvalue weighted by Gasteiger charge is -2.32. The van der Waals surface area contributed by atoms with Gasteiger partial charge in [0.25, 0.3) is 5.56 Å². The quantitative estimate of drug-likeness (QED) is 0.407. The molecule has 4 heterocycles. The van der Waals surface area contributed by atoms with Gasteiger partial charge in [-0.25, -0.2) is 9.88 Å². The number of hydrogen-bond donors (Lipinski definition) is 1. The molecule has 196 valence electrons. The van der Waals surface area contributed by atoms with Crippen LogP contribution in [-0.4, -0.2) is 27.4 Å². The Kier molecular flexibility index (Phi) is 5.04. The second-order valence-electron chi connectivity index (χ2n) is 11.6. The molecule has 0 bridgehead atoms. The number of nitrogens with one attached hydrogen (secondary N) is 1. The molecule has 1 spiro atoms. The smallest absolute Gasteiger partial charge is 0.266 e. The molecule has 2 fully saturated rings. The van der Waals surface area contributed by atoms with Crippen molar-refractivity contribution in [3.63, 3.8) is 0 Å². The van der Waals surface area contributed by atoms with Crippen molar-refractivity contribution in [3.8, 4) is 5.69 Å². The largest absolute Gasteiger partial charge is 0.297 e. The van der Waals surface area contributed by atoms with E-state index in [0.29, 0.717) is 40.4 Å². The van der Waals surface area contributed by atoms with E-state index in [2.05, 4.69) is 19.2 Å². The number of carbonyl (C=O) groups excluding carboxylic acids is 2. The predicted octanol–water partition coefficient (Wildman–Crippen LogP) is 4.38. The van der Waals surface area contributed by atoms with E-state index < -0.39 is 17.4 Å². The molecule has 3 aliphatic heterocycles. The summed E-state index contributed by atoms with van der Waals surface area (Å²) in [6.45, 7) is 8.24. The minimum absolute atomic E-state index is 0.173. The van der Waals surface area contributed by atoms with Gasteiger partial charge in [0.1, 0.15) is 11.4 Å². The zero-order chi connectivity index (χ0) is 27.2. The van der Waals surface area contributed by atoms with E-state index in [1.165, 1.54) is 4.90 Å². The first-order valence-electron chi connectivity index (χ1n) is 13.6. The minimum atomic E-state index is -1.11. The Balaban J connectivity index is 1.51. The molecule has 0 aliphatic carbocycles. The average Bonchev–Trinajstić information content (AvgIpc) is 3.49. The fourth-order valence-electron chi connectivity index (χ4n) is 7.05. The molecule has 0 radical (unpaired) electrons. The molecule has 4 atom stereocenters. The lowest BCUT2D eigenvalue weighted by molar-refractivity contribution is -0.123. The van der Waals surface area contributed by atoms with Crippen molar-refractivity contribution in [1.82, 2.24) is 14.9 Å². The number of aryl methyl sites for hydroxylation is 2. The molecule has 7 nitrogen and oxygen atoms in total. The van der Waals surface area contributed by atoms with Gasteiger partial charge in [0.15, 0.2) is 0 Å². The molecule has 2 amide bonds. The fraction of sp³-hybridized carbons (Fsp3) is 0.312. The minimum Gasteiger partial charge on any atom is -0.297 e. The Morgan fingerprint density at radius 2 is 1.67 bits per heavy atom. The second kappa shape index (κ2) is 8.20. The van der Waals surface area contributed by atoms with Crippen molar-refractivity contribution in [1.29, 1.82) is 0 Å². The van der Waals surface area contributed by atoms with Crippen molar-refractivity contribution in [2.45, 2.75) is 45.7 Å². The van der Waals surface area contributed by atoms with Crippen LogP contribution in [0.25, 0.3) is 16.6 Å². The van der Waals surface area contributed by atoms with Gasteiger partial charge in [0.05, 0.1) is 34.1 Å². The summed E-state index contributed by atoms with van der Waals surface area (Å²) in [6, 6.07) is 20.4. The Morgan fingerprint density at radius 1 is 0.923 bits per heavy atom. The van der Waals surface area contributed by atoms with Gasteiger partial charge >= 0.3 is 0 Å². The lowest BCUT2D eigenvalue weighted by Crippen LogP contribution is -2.50. The third-order valence-corrected chi connectivity index (χ3v) is 8.84. The number of aromatic nitrogens is 2. The van der Waals surface area contributed by atoms with Crippen LogP contribution >= 0.6 is 0 Å². The third-order valence-electron chi connectivity index (χ3n) is 8.84. The normalized spacial score (nSPS) is 25.2. The van der Waals surface area contributed by atoms with Gasteiger partial charge in [-0.15, -0.1) is 0 Å². The summed E-state index contributed by atoms with van der Waals surface area (Å²) < 4.78 is 1.65. The Bertz CT molecular complexity index is 1770. The van der Waals surface area contributed by atoms with E-state index >= 15 is 0 Å². The number of imide groups is 1. The van der Waals surface area contributed by atoms with Gasteiger partial charge in [-0.3, -0.25) is 24.3 Å². The van der Waals surface area contributed by atoms with Crippen LogP contribution in [0.3, 0.4) is 0 Å². The molecule has 7 rings (SSSR count). The molecular weight excluding hydrogens is 488 g/mol. The molecule has 1 N–H and O–H groups in total. The second-order valence-corrected chi connectivity index (χ2v) is 11.6. The van der Waals surface area contributed by atoms with Gasteiger partial charge in [0.2, 0.25) is 11.8 Å². The first-order chi connectivity index (χ1) is 18.7. The van der Waals surface area contributed by atoms with Gasteiger partial charge in [0, 0.05) is 11.6 Å². The number of hydrogen-bond acceptors (Lipinski definition) is 5. The van der Waals surface area contributed by atoms with Crippen LogP contribution in [0.4, 0.5) is 5.69 Å². The zero-order valence-corrected chi connectivity index (χ0v) is 22.4.